The number of benzene rings is 1. The molecule has 0 spiro atoms. The molecule has 0 aliphatic heterocycles. The van der Waals surface area contributed by atoms with Crippen molar-refractivity contribution in [1.82, 2.24) is 15.0 Å². The Labute approximate surface area is 155 Å². The molecule has 9 nitrogen and oxygen atoms in total. The van der Waals surface area contributed by atoms with Gasteiger partial charge in [0.25, 0.3) is 5.91 Å². The van der Waals surface area contributed by atoms with Crippen LogP contribution in [0.1, 0.15) is 23.8 Å². The smallest absolute Gasteiger partial charge is 0.271 e. The molecule has 27 heavy (non-hydrogen) atoms. The molecular formula is C18H19N7O2. The van der Waals surface area contributed by atoms with E-state index in [4.69, 9.17) is 11.5 Å². The van der Waals surface area contributed by atoms with E-state index in [2.05, 4.69) is 25.6 Å². The van der Waals surface area contributed by atoms with Gasteiger partial charge in [-0.05, 0) is 30.0 Å². The molecule has 0 radical (unpaired) electrons. The molecule has 1 aromatic carbocycles. The quantitative estimate of drug-likeness (QED) is 0.496. The predicted octanol–water partition coefficient (Wildman–Crippen LogP) is 1.54. The van der Waals surface area contributed by atoms with Crippen LogP contribution in [-0.2, 0) is 4.79 Å². The van der Waals surface area contributed by atoms with Crippen molar-refractivity contribution in [2.24, 2.45) is 11.5 Å². The van der Waals surface area contributed by atoms with Crippen molar-refractivity contribution in [2.45, 2.75) is 19.4 Å². The van der Waals surface area contributed by atoms with Gasteiger partial charge in [-0.15, -0.1) is 0 Å². The SMILES string of the molecule is CC[C@@H](Nc1cnc(C(N)=O)c(Nc2ccc3cnccc3c2)n1)C(N)=O. The van der Waals surface area contributed by atoms with Gasteiger partial charge in [0, 0.05) is 23.5 Å². The van der Waals surface area contributed by atoms with E-state index in [1.807, 2.05) is 31.2 Å². The highest BCUT2D eigenvalue weighted by Crippen LogP contribution is 2.23. The molecule has 0 saturated heterocycles. The third-order valence-electron chi connectivity index (χ3n) is 3.98. The first-order valence-electron chi connectivity index (χ1n) is 8.31. The topological polar surface area (TPSA) is 149 Å². The third-order valence-corrected chi connectivity index (χ3v) is 3.98. The Balaban J connectivity index is 1.94. The number of carbonyl (C=O) groups excluding carboxylic acids is 2. The van der Waals surface area contributed by atoms with Crippen molar-refractivity contribution in [3.8, 4) is 0 Å². The number of fused-ring (bicyclic) bond motifs is 1. The summed E-state index contributed by atoms with van der Waals surface area (Å²) in [5, 5.41) is 7.91. The summed E-state index contributed by atoms with van der Waals surface area (Å²) in [5.74, 6) is -0.738. The lowest BCUT2D eigenvalue weighted by molar-refractivity contribution is -0.118. The first kappa shape index (κ1) is 18.1. The number of primary amides is 2. The third kappa shape index (κ3) is 4.09. The average Bonchev–Trinajstić information content (AvgIpc) is 2.65. The van der Waals surface area contributed by atoms with E-state index >= 15 is 0 Å². The van der Waals surface area contributed by atoms with Crippen molar-refractivity contribution in [3.05, 3.63) is 48.5 Å². The Kier molecular flexibility index (Phi) is 5.11. The molecule has 2 aromatic heterocycles. The van der Waals surface area contributed by atoms with Gasteiger partial charge in [0.1, 0.15) is 11.9 Å². The number of nitrogens with one attached hydrogen (secondary N) is 2. The van der Waals surface area contributed by atoms with Gasteiger partial charge in [0.2, 0.25) is 5.91 Å². The lowest BCUT2D eigenvalue weighted by Crippen LogP contribution is -2.35. The van der Waals surface area contributed by atoms with E-state index in [0.717, 1.165) is 10.8 Å². The van der Waals surface area contributed by atoms with E-state index in [1.165, 1.54) is 6.20 Å². The van der Waals surface area contributed by atoms with Crippen LogP contribution in [0.15, 0.2) is 42.9 Å². The second-order valence-corrected chi connectivity index (χ2v) is 5.89. The summed E-state index contributed by atoms with van der Waals surface area (Å²) in [6.45, 7) is 1.82. The number of nitrogens with zero attached hydrogens (tertiary/aromatic N) is 3. The standard InChI is InChI=1S/C18H19N7O2/c1-2-13(16(19)26)24-14-9-22-15(17(20)27)18(25-14)23-12-4-3-11-8-21-6-5-10(11)7-12/h3-9,13H,2H2,1H3,(H2,19,26)(H2,20,27)(H2,23,24,25)/t13-/m1/s1. The predicted molar refractivity (Wildman–Crippen MR) is 102 cm³/mol. The summed E-state index contributed by atoms with van der Waals surface area (Å²) >= 11 is 0. The van der Waals surface area contributed by atoms with Crippen LogP contribution in [-0.4, -0.2) is 32.8 Å². The molecule has 2 heterocycles. The van der Waals surface area contributed by atoms with Crippen molar-refractivity contribution < 1.29 is 9.59 Å². The van der Waals surface area contributed by atoms with E-state index in [9.17, 15) is 9.59 Å². The summed E-state index contributed by atoms with van der Waals surface area (Å²) in [7, 11) is 0. The molecule has 0 saturated carbocycles. The number of hydrogen-bond donors (Lipinski definition) is 4. The number of anilines is 3. The maximum Gasteiger partial charge on any atom is 0.271 e. The molecule has 0 unspecified atom stereocenters. The number of nitrogens with two attached hydrogens (primary N) is 2. The first-order valence-corrected chi connectivity index (χ1v) is 8.31. The number of hydrogen-bond acceptors (Lipinski definition) is 7. The van der Waals surface area contributed by atoms with Gasteiger partial charge in [-0.1, -0.05) is 13.0 Å². The van der Waals surface area contributed by atoms with Crippen molar-refractivity contribution in [1.29, 1.82) is 0 Å². The maximum atomic E-state index is 11.7. The summed E-state index contributed by atoms with van der Waals surface area (Å²) in [6.07, 6.45) is 5.27. The van der Waals surface area contributed by atoms with E-state index in [-0.39, 0.29) is 11.5 Å². The highest BCUT2D eigenvalue weighted by molar-refractivity contribution is 5.97. The Bertz CT molecular complexity index is 1010. The number of aromatic nitrogens is 3. The second-order valence-electron chi connectivity index (χ2n) is 5.89. The average molecular weight is 365 g/mol. The molecular weight excluding hydrogens is 346 g/mol. The minimum Gasteiger partial charge on any atom is -0.368 e. The minimum atomic E-state index is -0.719. The fourth-order valence-electron chi connectivity index (χ4n) is 2.58. The Morgan fingerprint density at radius 2 is 1.96 bits per heavy atom. The van der Waals surface area contributed by atoms with Gasteiger partial charge >= 0.3 is 0 Å². The summed E-state index contributed by atoms with van der Waals surface area (Å²) in [5.41, 5.74) is 11.4. The lowest BCUT2D eigenvalue weighted by Gasteiger charge is -2.16. The molecule has 3 aromatic rings. The Morgan fingerprint density at radius 3 is 2.67 bits per heavy atom. The highest BCUT2D eigenvalue weighted by atomic mass is 16.1. The van der Waals surface area contributed by atoms with Gasteiger partial charge in [0.05, 0.1) is 6.20 Å². The van der Waals surface area contributed by atoms with Crippen LogP contribution in [0, 0.1) is 0 Å². The number of carbonyl (C=O) groups is 2. The summed E-state index contributed by atoms with van der Waals surface area (Å²) in [6, 6.07) is 6.89. The zero-order chi connectivity index (χ0) is 19.4. The zero-order valence-corrected chi connectivity index (χ0v) is 14.6. The van der Waals surface area contributed by atoms with Crippen molar-refractivity contribution >= 4 is 39.9 Å². The molecule has 138 valence electrons. The molecule has 9 heteroatoms. The van der Waals surface area contributed by atoms with Gasteiger partial charge in [0.15, 0.2) is 11.5 Å². The Hall–Kier alpha value is -3.75. The molecule has 3 rings (SSSR count). The van der Waals surface area contributed by atoms with Gasteiger partial charge < -0.3 is 22.1 Å². The highest BCUT2D eigenvalue weighted by Gasteiger charge is 2.17. The number of amides is 2. The molecule has 6 N–H and O–H groups in total. The lowest BCUT2D eigenvalue weighted by atomic mass is 10.1. The minimum absolute atomic E-state index is 0.0116. The van der Waals surface area contributed by atoms with Crippen LogP contribution in [0.25, 0.3) is 10.8 Å². The van der Waals surface area contributed by atoms with E-state index in [0.29, 0.717) is 17.9 Å². The van der Waals surface area contributed by atoms with Gasteiger partial charge in [-0.2, -0.15) is 0 Å². The van der Waals surface area contributed by atoms with Crippen LogP contribution in [0.3, 0.4) is 0 Å². The summed E-state index contributed by atoms with van der Waals surface area (Å²) < 4.78 is 0. The van der Waals surface area contributed by atoms with Crippen molar-refractivity contribution in [2.75, 3.05) is 10.6 Å². The first-order chi connectivity index (χ1) is 13.0. The molecule has 1 atom stereocenters. The largest absolute Gasteiger partial charge is 0.368 e. The normalized spacial score (nSPS) is 11.7. The van der Waals surface area contributed by atoms with E-state index in [1.54, 1.807) is 12.4 Å². The van der Waals surface area contributed by atoms with Crippen LogP contribution in [0.5, 0.6) is 0 Å². The molecule has 0 fully saturated rings. The van der Waals surface area contributed by atoms with Crippen LogP contribution < -0.4 is 22.1 Å². The fraction of sp³-hybridized carbons (Fsp3) is 0.167. The maximum absolute atomic E-state index is 11.7. The number of rotatable bonds is 7. The monoisotopic (exact) mass is 365 g/mol. The van der Waals surface area contributed by atoms with Crippen LogP contribution in [0.4, 0.5) is 17.3 Å². The fourth-order valence-corrected chi connectivity index (χ4v) is 2.58. The molecule has 0 aliphatic rings. The molecule has 0 bridgehead atoms. The number of pyridine rings is 1. The van der Waals surface area contributed by atoms with Gasteiger partial charge in [-0.3, -0.25) is 14.6 Å². The van der Waals surface area contributed by atoms with Crippen LogP contribution in [0.2, 0.25) is 0 Å². The van der Waals surface area contributed by atoms with Gasteiger partial charge in [-0.25, -0.2) is 9.97 Å². The second kappa shape index (κ2) is 7.65. The molecule has 0 aliphatic carbocycles. The zero-order valence-electron chi connectivity index (χ0n) is 14.6. The summed E-state index contributed by atoms with van der Waals surface area (Å²) in [4.78, 5) is 35.6. The molecule has 2 amide bonds. The van der Waals surface area contributed by atoms with E-state index < -0.39 is 17.9 Å². The van der Waals surface area contributed by atoms with Crippen LogP contribution >= 0.6 is 0 Å². The van der Waals surface area contributed by atoms with Crippen molar-refractivity contribution in [3.63, 3.8) is 0 Å². The Morgan fingerprint density at radius 1 is 1.15 bits per heavy atom.